The minimum Gasteiger partial charge on any atom is -0.453 e. The molecule has 0 aromatic heterocycles. The zero-order valence-electron chi connectivity index (χ0n) is 12.4. The fourth-order valence-electron chi connectivity index (χ4n) is 1.84. The van der Waals surface area contributed by atoms with E-state index in [1.54, 1.807) is 18.2 Å². The molecule has 0 saturated carbocycles. The first kappa shape index (κ1) is 17.2. The van der Waals surface area contributed by atoms with Gasteiger partial charge in [-0.2, -0.15) is 0 Å². The highest BCUT2D eigenvalue weighted by Crippen LogP contribution is 2.24. The van der Waals surface area contributed by atoms with Crippen LogP contribution in [0.2, 0.25) is 5.02 Å². The summed E-state index contributed by atoms with van der Waals surface area (Å²) in [5.41, 5.74) is 0.504. The highest BCUT2D eigenvalue weighted by atomic mass is 35.5. The van der Waals surface area contributed by atoms with Crippen LogP contribution in [0.1, 0.15) is 10.4 Å². The summed E-state index contributed by atoms with van der Waals surface area (Å²) in [7, 11) is 1.23. The summed E-state index contributed by atoms with van der Waals surface area (Å²) < 4.78 is 4.48. The van der Waals surface area contributed by atoms with E-state index >= 15 is 0 Å². The van der Waals surface area contributed by atoms with Crippen LogP contribution < -0.4 is 10.6 Å². The van der Waals surface area contributed by atoms with Crippen molar-refractivity contribution in [2.75, 3.05) is 17.7 Å². The zero-order chi connectivity index (χ0) is 17.7. The Kier molecular flexibility index (Phi) is 5.33. The van der Waals surface area contributed by atoms with Crippen molar-refractivity contribution in [2.24, 2.45) is 0 Å². The van der Waals surface area contributed by atoms with Crippen LogP contribution in [0.5, 0.6) is 0 Å². The highest BCUT2D eigenvalue weighted by molar-refractivity contribution is 6.34. The Morgan fingerprint density at radius 1 is 1.12 bits per heavy atom. The number of amides is 2. The quantitative estimate of drug-likeness (QED) is 0.646. The maximum Gasteiger partial charge on any atom is 0.411 e. The van der Waals surface area contributed by atoms with E-state index in [4.69, 9.17) is 11.6 Å². The Hall–Kier alpha value is -3.13. The lowest BCUT2D eigenvalue weighted by atomic mass is 10.1. The van der Waals surface area contributed by atoms with Crippen molar-refractivity contribution < 1.29 is 19.2 Å². The number of rotatable bonds is 4. The predicted octanol–water partition coefficient (Wildman–Crippen LogP) is 3.68. The lowest BCUT2D eigenvalue weighted by molar-refractivity contribution is -0.384. The van der Waals surface area contributed by atoms with Gasteiger partial charge in [0.2, 0.25) is 0 Å². The third-order valence-corrected chi connectivity index (χ3v) is 3.29. The maximum absolute atomic E-state index is 12.3. The average Bonchev–Trinajstić information content (AvgIpc) is 2.55. The van der Waals surface area contributed by atoms with Crippen molar-refractivity contribution in [1.82, 2.24) is 0 Å². The molecule has 2 N–H and O–H groups in total. The second-order valence-corrected chi connectivity index (χ2v) is 4.98. The molecular formula is C15H12ClN3O5. The Morgan fingerprint density at radius 3 is 2.42 bits per heavy atom. The summed E-state index contributed by atoms with van der Waals surface area (Å²) in [4.78, 5) is 33.6. The SMILES string of the molecule is COC(=O)Nc1cccc(NC(=O)c2cc([N+](=O)[O-])ccc2Cl)c1. The number of hydrogen-bond donors (Lipinski definition) is 2. The fourth-order valence-corrected chi connectivity index (χ4v) is 2.05. The molecule has 124 valence electrons. The standard InChI is InChI=1S/C15H12ClN3O5/c1-24-15(21)18-10-4-2-3-9(7-10)17-14(20)12-8-11(19(22)23)5-6-13(12)16/h2-8H,1H3,(H,17,20)(H,18,21). The van der Waals surface area contributed by atoms with E-state index in [2.05, 4.69) is 15.4 Å². The Labute approximate surface area is 141 Å². The van der Waals surface area contributed by atoms with E-state index in [9.17, 15) is 19.7 Å². The molecule has 0 heterocycles. The molecule has 2 aromatic carbocycles. The highest BCUT2D eigenvalue weighted by Gasteiger charge is 2.16. The molecule has 0 bridgehead atoms. The molecule has 2 aromatic rings. The first-order valence-electron chi connectivity index (χ1n) is 6.61. The molecule has 2 amide bonds. The average molecular weight is 350 g/mol. The summed E-state index contributed by atoms with van der Waals surface area (Å²) in [6, 6.07) is 9.88. The van der Waals surface area contributed by atoms with Crippen LogP contribution in [0.15, 0.2) is 42.5 Å². The monoisotopic (exact) mass is 349 g/mol. The van der Waals surface area contributed by atoms with Crippen molar-refractivity contribution in [2.45, 2.75) is 0 Å². The first-order chi connectivity index (χ1) is 11.4. The number of nitrogens with one attached hydrogen (secondary N) is 2. The Balaban J connectivity index is 2.21. The molecule has 24 heavy (non-hydrogen) atoms. The van der Waals surface area contributed by atoms with Crippen LogP contribution >= 0.6 is 11.6 Å². The number of methoxy groups -OCH3 is 1. The number of non-ortho nitro benzene ring substituents is 1. The van der Waals surface area contributed by atoms with Crippen molar-refractivity contribution in [1.29, 1.82) is 0 Å². The number of nitro groups is 1. The molecule has 0 aliphatic carbocycles. The molecule has 0 radical (unpaired) electrons. The molecule has 0 aliphatic rings. The Bertz CT molecular complexity index is 809. The first-order valence-corrected chi connectivity index (χ1v) is 6.99. The van der Waals surface area contributed by atoms with Crippen LogP contribution in [0, 0.1) is 10.1 Å². The summed E-state index contributed by atoms with van der Waals surface area (Å²) >= 11 is 5.92. The van der Waals surface area contributed by atoms with E-state index < -0.39 is 16.9 Å². The smallest absolute Gasteiger partial charge is 0.411 e. The van der Waals surface area contributed by atoms with Gasteiger partial charge >= 0.3 is 6.09 Å². The van der Waals surface area contributed by atoms with Crippen molar-refractivity contribution >= 4 is 40.7 Å². The summed E-state index contributed by atoms with van der Waals surface area (Å²) in [5, 5.41) is 15.9. The minimum absolute atomic E-state index is 0.0304. The van der Waals surface area contributed by atoms with Gasteiger partial charge in [0.1, 0.15) is 0 Å². The molecular weight excluding hydrogens is 338 g/mol. The number of ether oxygens (including phenoxy) is 1. The number of hydrogen-bond acceptors (Lipinski definition) is 5. The third kappa shape index (κ3) is 4.20. The number of nitrogens with zero attached hydrogens (tertiary/aromatic N) is 1. The fraction of sp³-hybridized carbons (Fsp3) is 0.0667. The lowest BCUT2D eigenvalue weighted by Gasteiger charge is -2.09. The number of nitro benzene ring substituents is 1. The summed E-state index contributed by atoms with van der Waals surface area (Å²) in [5.74, 6) is -0.612. The van der Waals surface area contributed by atoms with E-state index in [-0.39, 0.29) is 16.3 Å². The zero-order valence-corrected chi connectivity index (χ0v) is 13.2. The molecule has 0 aliphatic heterocycles. The minimum atomic E-state index is -0.653. The number of benzene rings is 2. The van der Waals surface area contributed by atoms with Crippen molar-refractivity contribution in [3.8, 4) is 0 Å². The van der Waals surface area contributed by atoms with Gasteiger partial charge in [-0.25, -0.2) is 4.79 Å². The van der Waals surface area contributed by atoms with Gasteiger partial charge in [0.15, 0.2) is 0 Å². The van der Waals surface area contributed by atoms with Crippen LogP contribution in [0.25, 0.3) is 0 Å². The van der Waals surface area contributed by atoms with E-state index in [0.29, 0.717) is 11.4 Å². The third-order valence-electron chi connectivity index (χ3n) is 2.96. The van der Waals surface area contributed by atoms with Gasteiger partial charge in [0.25, 0.3) is 11.6 Å². The van der Waals surface area contributed by atoms with E-state index in [0.717, 1.165) is 6.07 Å². The molecule has 9 heteroatoms. The number of halogens is 1. The molecule has 0 unspecified atom stereocenters. The molecule has 2 rings (SSSR count). The van der Waals surface area contributed by atoms with Crippen LogP contribution in [-0.2, 0) is 4.74 Å². The summed E-state index contributed by atoms with van der Waals surface area (Å²) in [6.07, 6.45) is -0.653. The number of anilines is 2. The molecule has 0 fully saturated rings. The van der Waals surface area contributed by atoms with Crippen LogP contribution in [-0.4, -0.2) is 24.0 Å². The molecule has 0 saturated heterocycles. The summed E-state index contributed by atoms with van der Waals surface area (Å²) in [6.45, 7) is 0. The van der Waals surface area contributed by atoms with Gasteiger partial charge in [-0.3, -0.25) is 20.2 Å². The van der Waals surface area contributed by atoms with Gasteiger partial charge in [0, 0.05) is 23.5 Å². The molecule has 8 nitrogen and oxygen atoms in total. The number of carbonyl (C=O) groups excluding carboxylic acids is 2. The topological polar surface area (TPSA) is 111 Å². The predicted molar refractivity (Wildman–Crippen MR) is 88.5 cm³/mol. The Morgan fingerprint density at radius 2 is 1.79 bits per heavy atom. The maximum atomic E-state index is 12.3. The molecule has 0 atom stereocenters. The van der Waals surface area contributed by atoms with Crippen LogP contribution in [0.3, 0.4) is 0 Å². The van der Waals surface area contributed by atoms with Crippen molar-refractivity contribution in [3.05, 3.63) is 63.2 Å². The lowest BCUT2D eigenvalue weighted by Crippen LogP contribution is -2.14. The second-order valence-electron chi connectivity index (χ2n) is 4.57. The number of carbonyl (C=O) groups is 2. The van der Waals surface area contributed by atoms with Gasteiger partial charge in [0.05, 0.1) is 22.6 Å². The molecule has 0 spiro atoms. The van der Waals surface area contributed by atoms with Gasteiger partial charge in [-0.05, 0) is 24.3 Å². The van der Waals surface area contributed by atoms with E-state index in [1.165, 1.54) is 25.3 Å². The van der Waals surface area contributed by atoms with Crippen molar-refractivity contribution in [3.63, 3.8) is 0 Å². The van der Waals surface area contributed by atoms with E-state index in [1.807, 2.05) is 0 Å². The second kappa shape index (κ2) is 7.42. The van der Waals surface area contributed by atoms with Gasteiger partial charge in [-0.1, -0.05) is 17.7 Å². The van der Waals surface area contributed by atoms with Gasteiger partial charge < -0.3 is 10.1 Å². The normalized spacial score (nSPS) is 9.92. The largest absolute Gasteiger partial charge is 0.453 e. The van der Waals surface area contributed by atoms with Crippen LogP contribution in [0.4, 0.5) is 21.9 Å². The van der Waals surface area contributed by atoms with Gasteiger partial charge in [-0.15, -0.1) is 0 Å².